The van der Waals surface area contributed by atoms with E-state index in [0.29, 0.717) is 6.61 Å². The molecule has 0 aromatic carbocycles. The Morgan fingerprint density at radius 3 is 2.70 bits per heavy atom. The largest absolute Gasteiger partial charge is 0.478 e. The topological polar surface area (TPSA) is 122 Å². The third kappa shape index (κ3) is 4.89. The Morgan fingerprint density at radius 1 is 1.45 bits per heavy atom. The molecule has 0 saturated heterocycles. The Labute approximate surface area is 119 Å². The van der Waals surface area contributed by atoms with Gasteiger partial charge in [0.15, 0.2) is 0 Å². The predicted molar refractivity (Wildman–Crippen MR) is 71.4 cm³/mol. The minimum atomic E-state index is -3.89. The van der Waals surface area contributed by atoms with E-state index in [1.165, 1.54) is 12.5 Å². The van der Waals surface area contributed by atoms with Crippen LogP contribution in [-0.2, 0) is 19.6 Å². The summed E-state index contributed by atoms with van der Waals surface area (Å²) < 4.78 is 30.3. The Balaban J connectivity index is 2.56. The van der Waals surface area contributed by atoms with Crippen molar-refractivity contribution in [2.45, 2.75) is 4.21 Å². The molecule has 1 rings (SSSR count). The molecule has 1 amide bonds. The van der Waals surface area contributed by atoms with Gasteiger partial charge in [0.1, 0.15) is 4.21 Å². The highest BCUT2D eigenvalue weighted by Crippen LogP contribution is 2.19. The molecule has 0 atom stereocenters. The fraction of sp³-hybridized carbons (Fsp3) is 0.400. The second kappa shape index (κ2) is 7.33. The molecule has 0 spiro atoms. The molecular formula is C10H14N2O6S2. The average molecular weight is 322 g/mol. The van der Waals surface area contributed by atoms with E-state index in [9.17, 15) is 18.0 Å². The first-order chi connectivity index (χ1) is 9.36. The molecule has 0 fully saturated rings. The van der Waals surface area contributed by atoms with Crippen molar-refractivity contribution in [1.29, 1.82) is 0 Å². The molecule has 0 bridgehead atoms. The summed E-state index contributed by atoms with van der Waals surface area (Å²) in [4.78, 5) is 22.0. The van der Waals surface area contributed by atoms with Crippen LogP contribution in [0.2, 0.25) is 0 Å². The SMILES string of the molecule is COCCNC(=O)CNS(=O)(=O)c1cc(C(=O)O)cs1. The molecule has 0 unspecified atom stereocenters. The first-order valence-corrected chi connectivity index (χ1v) is 7.80. The minimum Gasteiger partial charge on any atom is -0.478 e. The number of carbonyl (C=O) groups excluding carboxylic acids is 1. The number of carboxylic acid groups (broad SMARTS) is 1. The maximum Gasteiger partial charge on any atom is 0.336 e. The lowest BCUT2D eigenvalue weighted by Gasteiger charge is -2.06. The van der Waals surface area contributed by atoms with Crippen LogP contribution in [0.1, 0.15) is 10.4 Å². The van der Waals surface area contributed by atoms with Crippen LogP contribution in [0.25, 0.3) is 0 Å². The number of carbonyl (C=O) groups is 2. The molecule has 0 aliphatic heterocycles. The molecule has 1 heterocycles. The van der Waals surface area contributed by atoms with Crippen LogP contribution in [0.15, 0.2) is 15.7 Å². The highest BCUT2D eigenvalue weighted by Gasteiger charge is 2.19. The van der Waals surface area contributed by atoms with E-state index in [-0.39, 0.29) is 16.3 Å². The summed E-state index contributed by atoms with van der Waals surface area (Å²) in [5.74, 6) is -1.71. The maximum atomic E-state index is 11.8. The molecule has 0 saturated carbocycles. The van der Waals surface area contributed by atoms with Gasteiger partial charge in [0.05, 0.1) is 18.7 Å². The Kier molecular flexibility index (Phi) is 6.07. The van der Waals surface area contributed by atoms with E-state index in [4.69, 9.17) is 9.84 Å². The van der Waals surface area contributed by atoms with Gasteiger partial charge in [-0.2, -0.15) is 0 Å². The Hall–Kier alpha value is -1.49. The summed E-state index contributed by atoms with van der Waals surface area (Å²) in [6.45, 7) is 0.178. The number of nitrogens with one attached hydrogen (secondary N) is 2. The van der Waals surface area contributed by atoms with Gasteiger partial charge in [-0.05, 0) is 6.07 Å². The quantitative estimate of drug-likeness (QED) is 0.554. The number of rotatable bonds is 8. The predicted octanol–water partition coefficient (Wildman–Crippen LogP) is -0.513. The number of sulfonamides is 1. The molecule has 3 N–H and O–H groups in total. The monoisotopic (exact) mass is 322 g/mol. The molecule has 10 heteroatoms. The number of thiophene rings is 1. The number of hydrogen-bond acceptors (Lipinski definition) is 6. The van der Waals surface area contributed by atoms with Crippen molar-refractivity contribution in [3.63, 3.8) is 0 Å². The van der Waals surface area contributed by atoms with Crippen LogP contribution in [0.4, 0.5) is 0 Å². The van der Waals surface area contributed by atoms with Gasteiger partial charge >= 0.3 is 5.97 Å². The molecule has 0 aliphatic rings. The van der Waals surface area contributed by atoms with Gasteiger partial charge in [0, 0.05) is 19.0 Å². The number of ether oxygens (including phenoxy) is 1. The molecule has 0 radical (unpaired) electrons. The van der Waals surface area contributed by atoms with Crippen LogP contribution in [0, 0.1) is 0 Å². The molecule has 20 heavy (non-hydrogen) atoms. The number of amides is 1. The lowest BCUT2D eigenvalue weighted by atomic mass is 10.4. The standard InChI is InChI=1S/C10H14N2O6S2/c1-18-3-2-11-8(13)5-12-20(16,17)9-4-7(6-19-9)10(14)15/h4,6,12H,2-3,5H2,1H3,(H,11,13)(H,14,15). The molecular weight excluding hydrogens is 308 g/mol. The van der Waals surface area contributed by atoms with Crippen molar-refractivity contribution in [2.75, 3.05) is 26.8 Å². The van der Waals surface area contributed by atoms with Gasteiger partial charge < -0.3 is 15.2 Å². The van der Waals surface area contributed by atoms with Crippen molar-refractivity contribution in [3.05, 3.63) is 17.0 Å². The van der Waals surface area contributed by atoms with E-state index >= 15 is 0 Å². The molecule has 8 nitrogen and oxygen atoms in total. The number of aromatic carboxylic acids is 1. The Morgan fingerprint density at radius 2 is 2.15 bits per heavy atom. The van der Waals surface area contributed by atoms with E-state index in [1.54, 1.807) is 0 Å². The third-order valence-corrected chi connectivity index (χ3v) is 4.98. The highest BCUT2D eigenvalue weighted by molar-refractivity contribution is 7.91. The Bertz CT molecular complexity index is 580. The van der Waals surface area contributed by atoms with Crippen molar-refractivity contribution in [3.8, 4) is 0 Å². The van der Waals surface area contributed by atoms with Crippen LogP contribution < -0.4 is 10.0 Å². The summed E-state index contributed by atoms with van der Waals surface area (Å²) in [6.07, 6.45) is 0. The van der Waals surface area contributed by atoms with Crippen LogP contribution in [-0.4, -0.2) is 52.2 Å². The zero-order chi connectivity index (χ0) is 15.2. The van der Waals surface area contributed by atoms with Gasteiger partial charge in [-0.25, -0.2) is 17.9 Å². The summed E-state index contributed by atoms with van der Waals surface area (Å²) in [5, 5.41) is 12.4. The van der Waals surface area contributed by atoms with Crippen LogP contribution >= 0.6 is 11.3 Å². The van der Waals surface area contributed by atoms with Gasteiger partial charge in [-0.15, -0.1) is 11.3 Å². The molecule has 112 valence electrons. The fourth-order valence-corrected chi connectivity index (χ4v) is 3.34. The van der Waals surface area contributed by atoms with Gasteiger partial charge in [0.2, 0.25) is 5.91 Å². The van der Waals surface area contributed by atoms with Crippen molar-refractivity contribution < 1.29 is 27.9 Å². The fourth-order valence-electron chi connectivity index (χ4n) is 1.16. The number of hydrogen-bond donors (Lipinski definition) is 3. The average Bonchev–Trinajstić information content (AvgIpc) is 2.87. The smallest absolute Gasteiger partial charge is 0.336 e. The van der Waals surface area contributed by atoms with E-state index in [1.807, 2.05) is 0 Å². The minimum absolute atomic E-state index is 0.111. The van der Waals surface area contributed by atoms with E-state index < -0.39 is 28.4 Å². The summed E-state index contributed by atoms with van der Waals surface area (Å²) >= 11 is 0.775. The van der Waals surface area contributed by atoms with Crippen LogP contribution in [0.3, 0.4) is 0 Å². The first kappa shape index (κ1) is 16.6. The zero-order valence-corrected chi connectivity index (χ0v) is 12.2. The van der Waals surface area contributed by atoms with Crippen molar-refractivity contribution >= 4 is 33.2 Å². The van der Waals surface area contributed by atoms with Gasteiger partial charge in [-0.1, -0.05) is 0 Å². The van der Waals surface area contributed by atoms with Crippen molar-refractivity contribution in [1.82, 2.24) is 10.0 Å². The summed E-state index contributed by atoms with van der Waals surface area (Å²) in [7, 11) is -2.41. The summed E-state index contributed by atoms with van der Waals surface area (Å²) in [6, 6.07) is 1.04. The first-order valence-electron chi connectivity index (χ1n) is 5.44. The van der Waals surface area contributed by atoms with Crippen molar-refractivity contribution in [2.24, 2.45) is 0 Å². The normalized spacial score (nSPS) is 11.2. The highest BCUT2D eigenvalue weighted by atomic mass is 32.2. The molecule has 1 aromatic rings. The maximum absolute atomic E-state index is 11.8. The second-order valence-electron chi connectivity index (χ2n) is 3.63. The summed E-state index contributed by atoms with van der Waals surface area (Å²) in [5.41, 5.74) is -0.111. The number of methoxy groups -OCH3 is 1. The zero-order valence-electron chi connectivity index (χ0n) is 10.6. The molecule has 0 aliphatic carbocycles. The van der Waals surface area contributed by atoms with E-state index in [0.717, 1.165) is 17.4 Å². The second-order valence-corrected chi connectivity index (χ2v) is 6.53. The third-order valence-electron chi connectivity index (χ3n) is 2.14. The van der Waals surface area contributed by atoms with Crippen LogP contribution in [0.5, 0.6) is 0 Å². The number of carboxylic acids is 1. The van der Waals surface area contributed by atoms with Gasteiger partial charge in [0.25, 0.3) is 10.0 Å². The van der Waals surface area contributed by atoms with E-state index in [2.05, 4.69) is 10.0 Å². The molecule has 1 aromatic heterocycles. The van der Waals surface area contributed by atoms with Gasteiger partial charge in [-0.3, -0.25) is 4.79 Å². The lowest BCUT2D eigenvalue weighted by Crippen LogP contribution is -2.37. The lowest BCUT2D eigenvalue weighted by molar-refractivity contribution is -0.120.